The second-order valence-electron chi connectivity index (χ2n) is 26.0. The zero-order chi connectivity index (χ0) is 64.7. The van der Waals surface area contributed by atoms with E-state index in [1.54, 1.807) is 0 Å². The van der Waals surface area contributed by atoms with E-state index in [1.807, 2.05) is 18.2 Å². The minimum Gasteiger partial charge on any atom is -0.310 e. The SMILES string of the molecule is C=C(C1=C(N=C(C)c2cccc(-n3c4ccccc4c4c(-c5cccc(C)c5-c5ccccc5C)cccc43)c2)c2cccc3c(-n4c5ccccc5c5c(-c6cccc7c6c6c(n7-c7ccccc7)C=CCC6C)cccc54)ccc1c23)c1ccccc1.Cc1ccccc1. The van der Waals surface area contributed by atoms with Crippen molar-refractivity contribution in [2.45, 2.75) is 47.0 Å². The Kier molecular flexibility index (Phi) is 14.3. The average Bonchev–Trinajstić information content (AvgIpc) is 1.56. The van der Waals surface area contributed by atoms with Crippen LogP contribution in [0.4, 0.5) is 0 Å². The second kappa shape index (κ2) is 23.6. The van der Waals surface area contributed by atoms with E-state index in [9.17, 15) is 0 Å². The van der Waals surface area contributed by atoms with Gasteiger partial charge in [-0.3, -0.25) is 4.99 Å². The molecule has 3 heterocycles. The van der Waals surface area contributed by atoms with Gasteiger partial charge in [0.1, 0.15) is 0 Å². The lowest BCUT2D eigenvalue weighted by molar-refractivity contribution is 0.773. The van der Waals surface area contributed by atoms with Crippen molar-refractivity contribution in [1.29, 1.82) is 0 Å². The number of benzene rings is 13. The molecule has 2 aliphatic rings. The molecule has 1 atom stereocenters. The third kappa shape index (κ3) is 9.38. The molecule has 18 rings (SSSR count). The number of aryl methyl sites for hydroxylation is 3. The summed E-state index contributed by atoms with van der Waals surface area (Å²) in [5.41, 5.74) is 31.5. The van der Waals surface area contributed by atoms with Gasteiger partial charge < -0.3 is 13.7 Å². The van der Waals surface area contributed by atoms with E-state index >= 15 is 0 Å². The fraction of sp³-hybridized carbons (Fsp3) is 0.0761. The monoisotopic (exact) mass is 1230 g/mol. The lowest BCUT2D eigenvalue weighted by Crippen LogP contribution is -2.02. The molecule has 0 saturated carbocycles. The van der Waals surface area contributed by atoms with E-state index in [0.29, 0.717) is 5.92 Å². The van der Waals surface area contributed by atoms with Crippen molar-refractivity contribution < 1.29 is 0 Å². The maximum atomic E-state index is 5.80. The molecule has 0 amide bonds. The van der Waals surface area contributed by atoms with Crippen LogP contribution in [-0.2, 0) is 0 Å². The molecule has 0 fully saturated rings. The van der Waals surface area contributed by atoms with Crippen LogP contribution in [0.25, 0.3) is 139 Å². The summed E-state index contributed by atoms with van der Waals surface area (Å²) in [5.74, 6) is 0.363. The standard InChI is InChI=1S/C85H62N4.C7H8/c1-52-25-12-13-34-61(52)78-53(2)26-18-37-62(78)63-38-22-46-75-82(63)67-35-14-16-43-71(67)88(75)60-33-20-30-58(51-60)56(5)86-85-70-42-21-41-66-73(50-49-69(81(66)70)80(85)55(4)57-28-8-6-9-29-57)89-72-44-17-15-36-68(72)83-64(39-23-47-76(83)89)65-40-24-48-77-84(65)79-54(3)27-19-45-74(79)87(77)59-31-10-7-11-32-59;1-7-5-3-2-4-6-7/h6-26,28-51,54H,4,27H2,1-3,5H3;2-6H,1H3. The molecule has 96 heavy (non-hydrogen) atoms. The summed E-state index contributed by atoms with van der Waals surface area (Å²) in [4.78, 5) is 5.80. The topological polar surface area (TPSA) is 27.1 Å². The molecule has 0 saturated heterocycles. The van der Waals surface area contributed by atoms with Crippen LogP contribution < -0.4 is 0 Å². The highest BCUT2D eigenvalue weighted by molar-refractivity contribution is 6.28. The predicted octanol–water partition coefficient (Wildman–Crippen LogP) is 24.5. The summed E-state index contributed by atoms with van der Waals surface area (Å²) in [6.45, 7) is 16.0. The van der Waals surface area contributed by atoms with Gasteiger partial charge in [-0.2, -0.15) is 0 Å². The Labute approximate surface area is 560 Å². The fourth-order valence-electron chi connectivity index (χ4n) is 15.9. The molecule has 3 aromatic heterocycles. The van der Waals surface area contributed by atoms with E-state index in [4.69, 9.17) is 11.6 Å². The Morgan fingerprint density at radius 1 is 0.396 bits per heavy atom. The summed E-state index contributed by atoms with van der Waals surface area (Å²) in [5, 5.41) is 8.61. The average molecular weight is 1230 g/mol. The molecular formula is C92H70N4. The van der Waals surface area contributed by atoms with Gasteiger partial charge in [0.05, 0.1) is 44.7 Å². The van der Waals surface area contributed by atoms with Crippen molar-refractivity contribution in [2.24, 2.45) is 4.99 Å². The number of allylic oxidation sites excluding steroid dienone is 3. The van der Waals surface area contributed by atoms with Crippen molar-refractivity contribution in [3.63, 3.8) is 0 Å². The second-order valence-corrected chi connectivity index (χ2v) is 26.0. The molecule has 13 aromatic carbocycles. The summed E-state index contributed by atoms with van der Waals surface area (Å²) in [6.07, 6.45) is 5.70. The van der Waals surface area contributed by atoms with Crippen LogP contribution in [0.2, 0.25) is 0 Å². The Balaban J connectivity index is 0.000000938. The van der Waals surface area contributed by atoms with Gasteiger partial charge in [-0.05, 0) is 179 Å². The van der Waals surface area contributed by atoms with Crippen molar-refractivity contribution >= 4 is 93.9 Å². The van der Waals surface area contributed by atoms with Gasteiger partial charge in [0, 0.05) is 65.9 Å². The van der Waals surface area contributed by atoms with Crippen molar-refractivity contribution in [3.05, 3.63) is 354 Å². The summed E-state index contributed by atoms with van der Waals surface area (Å²) in [7, 11) is 0. The molecule has 16 aromatic rings. The van der Waals surface area contributed by atoms with E-state index in [-0.39, 0.29) is 0 Å². The number of nitrogens with zero attached hydrogens (tertiary/aromatic N) is 4. The van der Waals surface area contributed by atoms with Crippen molar-refractivity contribution in [3.8, 4) is 50.4 Å². The van der Waals surface area contributed by atoms with Crippen LogP contribution in [0.1, 0.15) is 76.4 Å². The number of aromatic nitrogens is 3. The van der Waals surface area contributed by atoms with Crippen LogP contribution in [0.15, 0.2) is 309 Å². The highest BCUT2D eigenvalue weighted by Crippen LogP contribution is 2.52. The van der Waals surface area contributed by atoms with Crippen molar-refractivity contribution in [2.75, 3.05) is 0 Å². The Morgan fingerprint density at radius 3 is 1.59 bits per heavy atom. The number of fused-ring (bicyclic) bond motifs is 9. The van der Waals surface area contributed by atoms with Gasteiger partial charge in [-0.1, -0.05) is 256 Å². The van der Waals surface area contributed by atoms with Crippen LogP contribution in [0.5, 0.6) is 0 Å². The molecule has 0 spiro atoms. The Bertz CT molecular complexity index is 5920. The number of para-hydroxylation sites is 3. The number of aliphatic imine (C=N–C) groups is 1. The quantitative estimate of drug-likeness (QED) is 0.122. The smallest absolute Gasteiger partial charge is 0.0796 e. The third-order valence-electron chi connectivity index (χ3n) is 20.2. The molecule has 0 radical (unpaired) electrons. The minimum absolute atomic E-state index is 0.363. The van der Waals surface area contributed by atoms with Gasteiger partial charge in [0.2, 0.25) is 0 Å². The predicted molar refractivity (Wildman–Crippen MR) is 409 cm³/mol. The first-order valence-electron chi connectivity index (χ1n) is 33.5. The summed E-state index contributed by atoms with van der Waals surface area (Å²) >= 11 is 0. The zero-order valence-electron chi connectivity index (χ0n) is 54.6. The lowest BCUT2D eigenvalue weighted by atomic mass is 9.87. The van der Waals surface area contributed by atoms with Crippen LogP contribution in [-0.4, -0.2) is 19.4 Å². The zero-order valence-corrected chi connectivity index (χ0v) is 54.6. The molecule has 458 valence electrons. The van der Waals surface area contributed by atoms with E-state index in [2.05, 4.69) is 333 Å². The Morgan fingerprint density at radius 2 is 0.896 bits per heavy atom. The molecule has 0 N–H and O–H groups in total. The van der Waals surface area contributed by atoms with E-state index in [0.717, 1.165) is 79.0 Å². The number of rotatable bonds is 10. The molecule has 1 unspecified atom stereocenters. The van der Waals surface area contributed by atoms with Crippen LogP contribution >= 0.6 is 0 Å². The van der Waals surface area contributed by atoms with E-state index in [1.165, 1.54) is 116 Å². The first-order valence-corrected chi connectivity index (χ1v) is 33.5. The van der Waals surface area contributed by atoms with Gasteiger partial charge >= 0.3 is 0 Å². The first kappa shape index (κ1) is 58.0. The van der Waals surface area contributed by atoms with Crippen LogP contribution in [0.3, 0.4) is 0 Å². The number of hydrogen-bond donors (Lipinski definition) is 0. The first-order chi connectivity index (χ1) is 47.2. The molecular weight excluding hydrogens is 1160 g/mol. The highest BCUT2D eigenvalue weighted by atomic mass is 15.0. The summed E-state index contributed by atoms with van der Waals surface area (Å²) < 4.78 is 7.42. The highest BCUT2D eigenvalue weighted by Gasteiger charge is 2.31. The largest absolute Gasteiger partial charge is 0.310 e. The summed E-state index contributed by atoms with van der Waals surface area (Å²) in [6, 6.07) is 106. The molecule has 2 aliphatic carbocycles. The minimum atomic E-state index is 0.363. The van der Waals surface area contributed by atoms with Gasteiger partial charge in [0.25, 0.3) is 0 Å². The molecule has 0 aliphatic heterocycles. The van der Waals surface area contributed by atoms with Crippen molar-refractivity contribution in [1.82, 2.24) is 13.7 Å². The van der Waals surface area contributed by atoms with Gasteiger partial charge in [-0.25, -0.2) is 0 Å². The lowest BCUT2D eigenvalue weighted by Gasteiger charge is -2.17. The van der Waals surface area contributed by atoms with Gasteiger partial charge in [0.15, 0.2) is 0 Å². The Hall–Kier alpha value is -11.9. The van der Waals surface area contributed by atoms with Crippen LogP contribution in [0, 0.1) is 20.8 Å². The number of hydrogen-bond acceptors (Lipinski definition) is 1. The molecule has 4 heteroatoms. The van der Waals surface area contributed by atoms with E-state index < -0.39 is 0 Å². The normalized spacial score (nSPS) is 13.6. The molecule has 0 bridgehead atoms. The van der Waals surface area contributed by atoms with Gasteiger partial charge in [-0.15, -0.1) is 0 Å². The molecule has 4 nitrogen and oxygen atoms in total. The fourth-order valence-corrected chi connectivity index (χ4v) is 15.9. The third-order valence-corrected chi connectivity index (χ3v) is 20.2. The maximum Gasteiger partial charge on any atom is 0.0796 e. The maximum absolute atomic E-state index is 5.80.